The Kier molecular flexibility index (Phi) is 13.2. The van der Waals surface area contributed by atoms with Gasteiger partial charge in [0.05, 0.1) is 24.8 Å². The molecule has 0 aromatic heterocycles. The number of carbonyl (C=O) groups excluding carboxylic acids is 2. The van der Waals surface area contributed by atoms with E-state index in [1.165, 1.54) is 37.3 Å². The molecule has 2 amide bonds. The number of rotatable bonds is 15. The summed E-state index contributed by atoms with van der Waals surface area (Å²) in [7, 11) is -1.53. The molecule has 4 rings (SSSR count). The molecule has 4 aromatic rings. The molecule has 0 saturated carbocycles. The number of halogens is 2. The molecular weight excluding hydrogens is 697 g/mol. The molecule has 0 radical (unpaired) electrons. The van der Waals surface area contributed by atoms with Crippen LogP contribution >= 0.6 is 23.2 Å². The molecule has 0 bridgehead atoms. The highest BCUT2D eigenvalue weighted by atomic mass is 35.5. The number of ether oxygens (including phenoxy) is 2. The Morgan fingerprint density at radius 2 is 1.46 bits per heavy atom. The van der Waals surface area contributed by atoms with E-state index < -0.39 is 28.5 Å². The number of hydrogen-bond acceptors (Lipinski definition) is 6. The second-order valence-electron chi connectivity index (χ2n) is 12.1. The van der Waals surface area contributed by atoms with Crippen LogP contribution in [0.25, 0.3) is 0 Å². The van der Waals surface area contributed by atoms with Gasteiger partial charge in [-0.2, -0.15) is 0 Å². The summed E-state index contributed by atoms with van der Waals surface area (Å²) >= 11 is 13.2. The second kappa shape index (κ2) is 17.1. The van der Waals surface area contributed by atoms with E-state index in [-0.39, 0.29) is 41.2 Å². The van der Waals surface area contributed by atoms with Crippen LogP contribution in [0, 0.1) is 13.8 Å². The van der Waals surface area contributed by atoms with Gasteiger partial charge >= 0.3 is 0 Å². The number of aryl methyl sites for hydroxylation is 2. The number of anilines is 1. The lowest BCUT2D eigenvalue weighted by Crippen LogP contribution is -2.54. The summed E-state index contributed by atoms with van der Waals surface area (Å²) in [4.78, 5) is 30.2. The summed E-state index contributed by atoms with van der Waals surface area (Å²) in [6.45, 7) is 6.74. The second-order valence-corrected chi connectivity index (χ2v) is 14.8. The number of nitrogens with zero attached hydrogens (tertiary/aromatic N) is 2. The quantitative estimate of drug-likeness (QED) is 0.137. The van der Waals surface area contributed by atoms with Crippen molar-refractivity contribution < 1.29 is 27.5 Å². The molecule has 9 nitrogen and oxygen atoms in total. The van der Waals surface area contributed by atoms with E-state index in [1.807, 2.05) is 64.1 Å². The van der Waals surface area contributed by atoms with E-state index in [4.69, 9.17) is 32.7 Å². The molecule has 0 heterocycles. The summed E-state index contributed by atoms with van der Waals surface area (Å²) in [6.07, 6.45) is 0.820. The van der Waals surface area contributed by atoms with Crippen molar-refractivity contribution in [3.8, 4) is 11.5 Å². The molecule has 0 aliphatic carbocycles. The molecule has 0 fully saturated rings. The first kappa shape index (κ1) is 38.6. The number of amides is 2. The van der Waals surface area contributed by atoms with Crippen LogP contribution in [0.4, 0.5) is 5.69 Å². The number of carbonyl (C=O) groups is 2. The number of sulfonamides is 1. The van der Waals surface area contributed by atoms with Crippen LogP contribution < -0.4 is 19.1 Å². The Bertz CT molecular complexity index is 1880. The van der Waals surface area contributed by atoms with Gasteiger partial charge < -0.3 is 19.7 Å². The number of methoxy groups -OCH3 is 2. The third kappa shape index (κ3) is 9.29. The Labute approximate surface area is 305 Å². The van der Waals surface area contributed by atoms with E-state index in [2.05, 4.69) is 5.32 Å². The Hall–Kier alpha value is -4.25. The Balaban J connectivity index is 1.89. The van der Waals surface area contributed by atoms with E-state index in [0.29, 0.717) is 27.8 Å². The summed E-state index contributed by atoms with van der Waals surface area (Å²) in [6, 6.07) is 22.6. The highest BCUT2D eigenvalue weighted by Crippen LogP contribution is 2.34. The van der Waals surface area contributed by atoms with Crippen LogP contribution in [-0.4, -0.2) is 58.0 Å². The van der Waals surface area contributed by atoms with E-state index in [0.717, 1.165) is 21.0 Å². The molecule has 2 atom stereocenters. The summed E-state index contributed by atoms with van der Waals surface area (Å²) in [5.74, 6) is -0.468. The van der Waals surface area contributed by atoms with Crippen LogP contribution in [0.5, 0.6) is 11.5 Å². The van der Waals surface area contributed by atoms with E-state index in [1.54, 1.807) is 30.3 Å². The minimum absolute atomic E-state index is 0.113. The zero-order chi connectivity index (χ0) is 36.6. The largest absolute Gasteiger partial charge is 0.493 e. The van der Waals surface area contributed by atoms with Crippen LogP contribution in [0.3, 0.4) is 0 Å². The van der Waals surface area contributed by atoms with Gasteiger partial charge in [0.2, 0.25) is 11.8 Å². The minimum Gasteiger partial charge on any atom is -0.493 e. The Morgan fingerprint density at radius 1 is 0.840 bits per heavy atom. The van der Waals surface area contributed by atoms with Crippen molar-refractivity contribution in [3.63, 3.8) is 0 Å². The van der Waals surface area contributed by atoms with Gasteiger partial charge in [-0.05, 0) is 80.3 Å². The Morgan fingerprint density at radius 3 is 2.04 bits per heavy atom. The first-order valence-corrected chi connectivity index (χ1v) is 18.4. The fraction of sp³-hybridized carbons (Fsp3) is 0.316. The van der Waals surface area contributed by atoms with Crippen LogP contribution in [0.15, 0.2) is 89.8 Å². The topological polar surface area (TPSA) is 105 Å². The standard InChI is InChI=1S/C38H43Cl2N3O6S/c1-7-27(4)41-38(45)34(21-28-12-9-8-10-13-28)42(23-31-32(39)14-11-15-33(31)40)37(44)24-43(29-19-25(2)18-26(3)20-29)50(46,47)30-16-17-35(48-5)36(22-30)49-6/h8-20,22,27,34H,7,21,23-24H2,1-6H3,(H,41,45)/t27-,34+/m0/s1. The molecule has 0 aliphatic rings. The van der Waals surface area contributed by atoms with Gasteiger partial charge in [0, 0.05) is 40.7 Å². The normalized spacial score (nSPS) is 12.5. The third-order valence-electron chi connectivity index (χ3n) is 8.38. The summed E-state index contributed by atoms with van der Waals surface area (Å²) in [5.41, 5.74) is 3.12. The zero-order valence-electron chi connectivity index (χ0n) is 29.1. The van der Waals surface area contributed by atoms with E-state index >= 15 is 0 Å². The predicted octanol–water partition coefficient (Wildman–Crippen LogP) is 7.38. The lowest BCUT2D eigenvalue weighted by atomic mass is 10.0. The molecule has 12 heteroatoms. The van der Waals surface area contributed by atoms with Crippen molar-refractivity contribution in [2.45, 2.75) is 64.1 Å². The maximum Gasteiger partial charge on any atom is 0.264 e. The predicted molar refractivity (Wildman–Crippen MR) is 199 cm³/mol. The van der Waals surface area contributed by atoms with Gasteiger partial charge in [-0.15, -0.1) is 0 Å². The van der Waals surface area contributed by atoms with Crippen molar-refractivity contribution in [1.82, 2.24) is 10.2 Å². The van der Waals surface area contributed by atoms with Gasteiger partial charge in [-0.25, -0.2) is 8.42 Å². The zero-order valence-corrected chi connectivity index (χ0v) is 31.4. The highest BCUT2D eigenvalue weighted by Gasteiger charge is 2.36. The van der Waals surface area contributed by atoms with Crippen molar-refractivity contribution in [3.05, 3.63) is 117 Å². The summed E-state index contributed by atoms with van der Waals surface area (Å²) < 4.78 is 40.9. The molecule has 0 saturated heterocycles. The maximum atomic E-state index is 14.8. The minimum atomic E-state index is -4.39. The molecule has 1 N–H and O–H groups in total. The fourth-order valence-electron chi connectivity index (χ4n) is 5.58. The van der Waals surface area contributed by atoms with E-state index in [9.17, 15) is 18.0 Å². The van der Waals surface area contributed by atoms with Crippen molar-refractivity contribution in [2.24, 2.45) is 0 Å². The monoisotopic (exact) mass is 739 g/mol. The molecule has 0 unspecified atom stereocenters. The lowest BCUT2D eigenvalue weighted by molar-refractivity contribution is -0.140. The van der Waals surface area contributed by atoms with Gasteiger partial charge in [-0.1, -0.05) is 72.6 Å². The smallest absolute Gasteiger partial charge is 0.264 e. The van der Waals surface area contributed by atoms with Crippen molar-refractivity contribution in [2.75, 3.05) is 25.1 Å². The SMILES string of the molecule is CC[C@H](C)NC(=O)[C@@H](Cc1ccccc1)N(Cc1c(Cl)cccc1Cl)C(=O)CN(c1cc(C)cc(C)c1)S(=O)(=O)c1ccc(OC)c(OC)c1. The van der Waals surface area contributed by atoms with Gasteiger partial charge in [0.15, 0.2) is 11.5 Å². The first-order valence-electron chi connectivity index (χ1n) is 16.2. The molecular formula is C38H43Cl2N3O6S. The average molecular weight is 741 g/mol. The molecule has 50 heavy (non-hydrogen) atoms. The number of benzene rings is 4. The molecule has 266 valence electrons. The van der Waals surface area contributed by atoms with Crippen molar-refractivity contribution in [1.29, 1.82) is 0 Å². The average Bonchev–Trinajstić information content (AvgIpc) is 3.09. The molecule has 0 spiro atoms. The number of hydrogen-bond donors (Lipinski definition) is 1. The maximum absolute atomic E-state index is 14.8. The van der Waals surface area contributed by atoms with Gasteiger partial charge in [-0.3, -0.25) is 13.9 Å². The number of nitrogens with one attached hydrogen (secondary N) is 1. The van der Waals surface area contributed by atoms with Gasteiger partial charge in [0.1, 0.15) is 12.6 Å². The summed E-state index contributed by atoms with van der Waals surface area (Å²) in [5, 5.41) is 3.63. The molecule has 4 aromatic carbocycles. The van der Waals surface area contributed by atoms with Gasteiger partial charge in [0.25, 0.3) is 10.0 Å². The molecule has 0 aliphatic heterocycles. The van der Waals surface area contributed by atoms with Crippen molar-refractivity contribution >= 4 is 50.7 Å². The lowest BCUT2D eigenvalue weighted by Gasteiger charge is -2.34. The fourth-order valence-corrected chi connectivity index (χ4v) is 7.51. The first-order chi connectivity index (χ1) is 23.8. The van der Waals surface area contributed by atoms with Crippen LogP contribution in [-0.2, 0) is 32.6 Å². The van der Waals surface area contributed by atoms with Crippen LogP contribution in [0.1, 0.15) is 42.5 Å². The highest BCUT2D eigenvalue weighted by molar-refractivity contribution is 7.92. The third-order valence-corrected chi connectivity index (χ3v) is 10.9. The van der Waals surface area contributed by atoms with Crippen LogP contribution in [0.2, 0.25) is 10.0 Å².